The molecule has 0 bridgehead atoms. The number of rotatable bonds is 5. The molecule has 2 heterocycles. The van der Waals surface area contributed by atoms with Crippen LogP contribution in [0.2, 0.25) is 0 Å². The van der Waals surface area contributed by atoms with E-state index in [0.29, 0.717) is 25.7 Å². The fourth-order valence-corrected chi connectivity index (χ4v) is 3.27. The summed E-state index contributed by atoms with van der Waals surface area (Å²) in [5, 5.41) is 0. The third-order valence-corrected chi connectivity index (χ3v) is 4.66. The Morgan fingerprint density at radius 1 is 1.43 bits per heavy atom. The summed E-state index contributed by atoms with van der Waals surface area (Å²) in [4.78, 5) is 14.9. The minimum Gasteiger partial charge on any atom is -0.381 e. The van der Waals surface area contributed by atoms with Crippen LogP contribution in [0.3, 0.4) is 0 Å². The third-order valence-electron chi connectivity index (χ3n) is 4.66. The van der Waals surface area contributed by atoms with Crippen LogP contribution < -0.4 is 5.73 Å². The first-order valence-corrected chi connectivity index (χ1v) is 7.87. The van der Waals surface area contributed by atoms with Gasteiger partial charge in [0, 0.05) is 39.5 Å². The number of hydrogen-bond donors (Lipinski definition) is 1. The lowest BCUT2D eigenvalue weighted by molar-refractivity contribution is -0.149. The molecule has 0 radical (unpaired) electrons. The van der Waals surface area contributed by atoms with Gasteiger partial charge < -0.3 is 20.1 Å². The van der Waals surface area contributed by atoms with Gasteiger partial charge in [0.05, 0.1) is 12.0 Å². The van der Waals surface area contributed by atoms with Gasteiger partial charge in [0.2, 0.25) is 5.91 Å². The maximum absolute atomic E-state index is 12.9. The molecule has 2 saturated heterocycles. The Morgan fingerprint density at radius 3 is 2.76 bits per heavy atom. The van der Waals surface area contributed by atoms with Gasteiger partial charge in [-0.15, -0.1) is 12.4 Å². The summed E-state index contributed by atoms with van der Waals surface area (Å²) in [5.74, 6) is 0.715. The van der Waals surface area contributed by atoms with Crippen molar-refractivity contribution in [3.8, 4) is 0 Å². The number of carbonyl (C=O) groups excluding carboxylic acids is 1. The first kappa shape index (κ1) is 18.7. The first-order chi connectivity index (χ1) is 9.72. The monoisotopic (exact) mass is 320 g/mol. The zero-order chi connectivity index (χ0) is 14.4. The lowest BCUT2D eigenvalue weighted by Crippen LogP contribution is -2.53. The largest absolute Gasteiger partial charge is 0.381 e. The van der Waals surface area contributed by atoms with Gasteiger partial charge in [-0.2, -0.15) is 0 Å². The van der Waals surface area contributed by atoms with Crippen molar-refractivity contribution in [3.05, 3.63) is 0 Å². The molecule has 2 fully saturated rings. The second-order valence-electron chi connectivity index (χ2n) is 6.02. The van der Waals surface area contributed by atoms with Crippen LogP contribution in [0.1, 0.15) is 32.6 Å². The Bertz CT molecular complexity index is 322. The quantitative estimate of drug-likeness (QED) is 0.832. The lowest BCUT2D eigenvalue weighted by atomic mass is 9.78. The van der Waals surface area contributed by atoms with Crippen LogP contribution in [0.4, 0.5) is 0 Å². The minimum atomic E-state index is -0.383. The number of halogens is 1. The van der Waals surface area contributed by atoms with Crippen molar-refractivity contribution in [1.82, 2.24) is 4.90 Å². The van der Waals surface area contributed by atoms with Crippen molar-refractivity contribution >= 4 is 18.3 Å². The number of carbonyl (C=O) groups is 1. The predicted molar refractivity (Wildman–Crippen MR) is 84.6 cm³/mol. The van der Waals surface area contributed by atoms with Gasteiger partial charge in [-0.3, -0.25) is 4.79 Å². The van der Waals surface area contributed by atoms with Crippen molar-refractivity contribution in [1.29, 1.82) is 0 Å². The second kappa shape index (κ2) is 8.93. The van der Waals surface area contributed by atoms with E-state index in [4.69, 9.17) is 15.2 Å². The normalized spacial score (nSPS) is 25.2. The SMILES string of the molecule is CCOCC1CCCN(C(=O)C2(CN)CCOCC2)C1.Cl. The van der Waals surface area contributed by atoms with E-state index in [-0.39, 0.29) is 23.7 Å². The highest BCUT2D eigenvalue weighted by Gasteiger charge is 2.42. The highest BCUT2D eigenvalue weighted by molar-refractivity contribution is 5.85. The average molecular weight is 321 g/mol. The van der Waals surface area contributed by atoms with Crippen LogP contribution in [-0.2, 0) is 14.3 Å². The Morgan fingerprint density at radius 2 is 2.14 bits per heavy atom. The summed E-state index contributed by atoms with van der Waals surface area (Å²) in [6.07, 6.45) is 3.74. The Balaban J connectivity index is 0.00000220. The third kappa shape index (κ3) is 4.55. The minimum absolute atomic E-state index is 0. The molecule has 2 rings (SSSR count). The molecule has 2 aliphatic rings. The summed E-state index contributed by atoms with van der Waals surface area (Å²) in [5.41, 5.74) is 5.55. The van der Waals surface area contributed by atoms with Crippen LogP contribution in [0.25, 0.3) is 0 Å². The Kier molecular flexibility index (Phi) is 7.95. The standard InChI is InChI=1S/C15H28N2O3.ClH/c1-2-19-11-13-4-3-7-17(10-13)14(18)15(12-16)5-8-20-9-6-15;/h13H,2-12,16H2,1H3;1H. The van der Waals surface area contributed by atoms with Gasteiger partial charge in [-0.05, 0) is 38.5 Å². The predicted octanol–water partition coefficient (Wildman–Crippen LogP) is 1.44. The molecule has 1 unspecified atom stereocenters. The molecule has 0 aromatic heterocycles. The van der Waals surface area contributed by atoms with Crippen molar-refractivity contribution < 1.29 is 14.3 Å². The fraction of sp³-hybridized carbons (Fsp3) is 0.933. The highest BCUT2D eigenvalue weighted by atomic mass is 35.5. The summed E-state index contributed by atoms with van der Waals surface area (Å²) in [6, 6.07) is 0. The molecule has 0 saturated carbocycles. The van der Waals surface area contributed by atoms with Crippen LogP contribution in [0.5, 0.6) is 0 Å². The summed E-state index contributed by atoms with van der Waals surface area (Å²) in [6.45, 7) is 6.94. The maximum Gasteiger partial charge on any atom is 0.230 e. The van der Waals surface area contributed by atoms with Crippen LogP contribution in [0, 0.1) is 11.3 Å². The molecule has 0 aromatic carbocycles. The molecule has 1 atom stereocenters. The Hall–Kier alpha value is -0.360. The van der Waals surface area contributed by atoms with Gasteiger partial charge in [0.1, 0.15) is 0 Å². The van der Waals surface area contributed by atoms with Gasteiger partial charge >= 0.3 is 0 Å². The van der Waals surface area contributed by atoms with Crippen molar-refractivity contribution in [2.24, 2.45) is 17.1 Å². The van der Waals surface area contributed by atoms with Crippen molar-refractivity contribution in [2.45, 2.75) is 32.6 Å². The molecule has 21 heavy (non-hydrogen) atoms. The maximum atomic E-state index is 12.9. The highest BCUT2D eigenvalue weighted by Crippen LogP contribution is 2.33. The smallest absolute Gasteiger partial charge is 0.230 e. The average Bonchev–Trinajstić information content (AvgIpc) is 2.53. The molecular weight excluding hydrogens is 292 g/mol. The fourth-order valence-electron chi connectivity index (χ4n) is 3.27. The first-order valence-electron chi connectivity index (χ1n) is 7.87. The molecule has 1 amide bonds. The molecule has 124 valence electrons. The molecule has 2 aliphatic heterocycles. The molecule has 5 nitrogen and oxygen atoms in total. The van der Waals surface area contributed by atoms with Crippen molar-refractivity contribution in [2.75, 3.05) is 46.1 Å². The van der Waals surface area contributed by atoms with E-state index in [0.717, 1.165) is 52.0 Å². The Labute approximate surface area is 133 Å². The van der Waals surface area contributed by atoms with Gasteiger partial charge in [0.25, 0.3) is 0 Å². The van der Waals surface area contributed by atoms with E-state index in [9.17, 15) is 4.79 Å². The summed E-state index contributed by atoms with van der Waals surface area (Å²) < 4.78 is 10.9. The molecule has 0 aliphatic carbocycles. The summed E-state index contributed by atoms with van der Waals surface area (Å²) >= 11 is 0. The molecule has 0 spiro atoms. The number of nitrogens with zero attached hydrogens (tertiary/aromatic N) is 1. The zero-order valence-electron chi connectivity index (χ0n) is 13.0. The molecule has 0 aromatic rings. The number of piperidine rings is 1. The molecule has 6 heteroatoms. The van der Waals surface area contributed by atoms with Gasteiger partial charge in [-0.25, -0.2) is 0 Å². The van der Waals surface area contributed by atoms with E-state index in [1.165, 1.54) is 0 Å². The van der Waals surface area contributed by atoms with Gasteiger partial charge in [-0.1, -0.05) is 0 Å². The van der Waals surface area contributed by atoms with Crippen molar-refractivity contribution in [3.63, 3.8) is 0 Å². The van der Waals surface area contributed by atoms with E-state index in [2.05, 4.69) is 0 Å². The number of ether oxygens (including phenoxy) is 2. The number of amides is 1. The number of likely N-dealkylation sites (tertiary alicyclic amines) is 1. The summed E-state index contributed by atoms with van der Waals surface area (Å²) in [7, 11) is 0. The van der Waals surface area contributed by atoms with Crippen LogP contribution in [0.15, 0.2) is 0 Å². The van der Waals surface area contributed by atoms with E-state index < -0.39 is 0 Å². The molecule has 2 N–H and O–H groups in total. The molecular formula is C15H29ClN2O3. The van der Waals surface area contributed by atoms with E-state index in [1.807, 2.05) is 11.8 Å². The number of nitrogens with two attached hydrogens (primary N) is 1. The number of hydrogen-bond acceptors (Lipinski definition) is 4. The van der Waals surface area contributed by atoms with E-state index in [1.54, 1.807) is 0 Å². The van der Waals surface area contributed by atoms with E-state index >= 15 is 0 Å². The lowest BCUT2D eigenvalue weighted by Gasteiger charge is -2.41. The zero-order valence-corrected chi connectivity index (χ0v) is 13.8. The van der Waals surface area contributed by atoms with Gasteiger partial charge in [0.15, 0.2) is 0 Å². The van der Waals surface area contributed by atoms with Crippen LogP contribution >= 0.6 is 12.4 Å². The topological polar surface area (TPSA) is 64.8 Å². The second-order valence-corrected chi connectivity index (χ2v) is 6.02. The van der Waals surface area contributed by atoms with Crippen LogP contribution in [-0.4, -0.2) is 56.9 Å².